The van der Waals surface area contributed by atoms with Crippen LogP contribution in [0.1, 0.15) is 19.8 Å². The Kier molecular flexibility index (Phi) is 4.89. The third-order valence-corrected chi connectivity index (χ3v) is 2.52. The van der Waals surface area contributed by atoms with Crippen molar-refractivity contribution in [2.24, 2.45) is 0 Å². The molecule has 7 heteroatoms. The van der Waals surface area contributed by atoms with E-state index < -0.39 is 31.1 Å². The maximum atomic E-state index is 11.6. The topological polar surface area (TPSA) is 95.9 Å². The zero-order valence-corrected chi connectivity index (χ0v) is 9.64. The van der Waals surface area contributed by atoms with Gasteiger partial charge in [-0.05, 0) is 19.8 Å². The number of carboxylic acid groups (broad SMARTS) is 1. The van der Waals surface area contributed by atoms with Crippen molar-refractivity contribution in [3.8, 4) is 0 Å². The first kappa shape index (κ1) is 13.4. The highest BCUT2D eigenvalue weighted by Gasteiger charge is 2.26. The number of nitrogens with zero attached hydrogens (tertiary/aromatic N) is 1. The molecule has 1 atom stereocenters. The van der Waals surface area contributed by atoms with E-state index in [0.29, 0.717) is 6.54 Å². The van der Waals surface area contributed by atoms with Crippen molar-refractivity contribution in [3.63, 3.8) is 0 Å². The van der Waals surface area contributed by atoms with Gasteiger partial charge in [0.05, 0.1) is 0 Å². The van der Waals surface area contributed by atoms with Crippen LogP contribution in [-0.2, 0) is 14.3 Å². The fraction of sp³-hybridized carbons (Fsp3) is 0.700. The molecule has 2 N–H and O–H groups in total. The van der Waals surface area contributed by atoms with Crippen molar-refractivity contribution in [2.75, 3.05) is 19.8 Å². The van der Waals surface area contributed by atoms with Crippen LogP contribution in [0.3, 0.4) is 0 Å². The molecule has 1 rings (SSSR count). The highest BCUT2D eigenvalue weighted by atomic mass is 16.5. The van der Waals surface area contributed by atoms with Crippen molar-refractivity contribution in [1.29, 1.82) is 0 Å². The number of aliphatic carboxylic acids is 1. The molecule has 1 aliphatic rings. The van der Waals surface area contributed by atoms with Gasteiger partial charge in [-0.1, -0.05) is 0 Å². The highest BCUT2D eigenvalue weighted by molar-refractivity contribution is 5.95. The Hall–Kier alpha value is -1.63. The smallest absolute Gasteiger partial charge is 0.329 e. The minimum atomic E-state index is -1.16. The van der Waals surface area contributed by atoms with Gasteiger partial charge >= 0.3 is 12.0 Å². The van der Waals surface area contributed by atoms with Crippen molar-refractivity contribution >= 4 is 17.9 Å². The molecule has 0 aliphatic carbocycles. The average Bonchev–Trinajstić information content (AvgIpc) is 2.63. The van der Waals surface area contributed by atoms with Crippen LogP contribution in [0.4, 0.5) is 4.79 Å². The van der Waals surface area contributed by atoms with Crippen LogP contribution in [0.2, 0.25) is 0 Å². The van der Waals surface area contributed by atoms with E-state index in [2.05, 4.69) is 10.1 Å². The predicted octanol–water partition coefficient (Wildman–Crippen LogP) is -0.192. The fourth-order valence-electron chi connectivity index (χ4n) is 1.69. The number of ether oxygens (including phenoxy) is 1. The summed E-state index contributed by atoms with van der Waals surface area (Å²) in [5.74, 6) is -1.78. The van der Waals surface area contributed by atoms with E-state index in [0.717, 1.165) is 12.8 Å². The lowest BCUT2D eigenvalue weighted by molar-refractivity contribution is -0.143. The molecule has 0 aromatic rings. The Morgan fingerprint density at radius 3 is 2.65 bits per heavy atom. The molecule has 0 bridgehead atoms. The van der Waals surface area contributed by atoms with E-state index in [9.17, 15) is 14.4 Å². The molecule has 0 radical (unpaired) electrons. The van der Waals surface area contributed by atoms with Crippen LogP contribution < -0.4 is 5.32 Å². The summed E-state index contributed by atoms with van der Waals surface area (Å²) in [5, 5.41) is 10.4. The first-order valence-electron chi connectivity index (χ1n) is 5.40. The molecule has 0 aromatic carbocycles. The fourth-order valence-corrected chi connectivity index (χ4v) is 1.69. The summed E-state index contributed by atoms with van der Waals surface area (Å²) in [4.78, 5) is 34.5. The van der Waals surface area contributed by atoms with Gasteiger partial charge < -0.3 is 14.7 Å². The van der Waals surface area contributed by atoms with Crippen LogP contribution in [-0.4, -0.2) is 53.7 Å². The van der Waals surface area contributed by atoms with Gasteiger partial charge in [-0.15, -0.1) is 0 Å². The Bertz CT molecular complexity index is 318. The lowest BCUT2D eigenvalue weighted by atomic mass is 10.2. The van der Waals surface area contributed by atoms with Crippen LogP contribution >= 0.6 is 0 Å². The normalized spacial score (nSPS) is 19.1. The molecule has 1 saturated heterocycles. The van der Waals surface area contributed by atoms with Gasteiger partial charge in [-0.25, -0.2) is 9.59 Å². The van der Waals surface area contributed by atoms with Gasteiger partial charge in [0.1, 0.15) is 13.2 Å². The number of nitrogens with one attached hydrogen (secondary N) is 1. The Morgan fingerprint density at radius 2 is 2.12 bits per heavy atom. The molecule has 0 saturated carbocycles. The number of urea groups is 1. The van der Waals surface area contributed by atoms with Crippen molar-refractivity contribution in [3.05, 3.63) is 0 Å². The number of rotatable bonds is 4. The highest BCUT2D eigenvalue weighted by Crippen LogP contribution is 2.15. The minimum absolute atomic E-state index is 0.128. The third kappa shape index (κ3) is 4.39. The number of carbonyl (C=O) groups excluding carboxylic acids is 2. The summed E-state index contributed by atoms with van der Waals surface area (Å²) >= 11 is 0. The van der Waals surface area contributed by atoms with Crippen molar-refractivity contribution in [2.45, 2.75) is 25.8 Å². The molecular weight excluding hydrogens is 228 g/mol. The second-order valence-electron chi connectivity index (χ2n) is 3.92. The lowest BCUT2D eigenvalue weighted by Crippen LogP contribution is -2.45. The first-order chi connectivity index (χ1) is 8.00. The summed E-state index contributed by atoms with van der Waals surface area (Å²) in [5.41, 5.74) is 0. The van der Waals surface area contributed by atoms with Crippen molar-refractivity contribution in [1.82, 2.24) is 10.2 Å². The van der Waals surface area contributed by atoms with Crippen LogP contribution in [0.15, 0.2) is 0 Å². The molecule has 7 nitrogen and oxygen atoms in total. The summed E-state index contributed by atoms with van der Waals surface area (Å²) in [7, 11) is 0. The van der Waals surface area contributed by atoms with E-state index in [1.54, 1.807) is 4.90 Å². The molecule has 1 heterocycles. The maximum absolute atomic E-state index is 11.6. The second kappa shape index (κ2) is 6.19. The van der Waals surface area contributed by atoms with E-state index >= 15 is 0 Å². The monoisotopic (exact) mass is 244 g/mol. The van der Waals surface area contributed by atoms with Crippen molar-refractivity contribution < 1.29 is 24.2 Å². The summed E-state index contributed by atoms with van der Waals surface area (Å²) in [6, 6.07) is -0.318. The first-order valence-corrected chi connectivity index (χ1v) is 5.40. The van der Waals surface area contributed by atoms with Crippen LogP contribution in [0.25, 0.3) is 0 Å². The third-order valence-electron chi connectivity index (χ3n) is 2.52. The van der Waals surface area contributed by atoms with Gasteiger partial charge in [-0.3, -0.25) is 10.1 Å². The number of likely N-dealkylation sites (tertiary alicyclic amines) is 1. The lowest BCUT2D eigenvalue weighted by Gasteiger charge is -2.21. The number of imide groups is 1. The van der Waals surface area contributed by atoms with Gasteiger partial charge in [0.25, 0.3) is 5.91 Å². The zero-order chi connectivity index (χ0) is 12.8. The predicted molar refractivity (Wildman–Crippen MR) is 57.4 cm³/mol. The van der Waals surface area contributed by atoms with E-state index in [1.165, 1.54) is 0 Å². The molecule has 96 valence electrons. The summed E-state index contributed by atoms with van der Waals surface area (Å²) in [6.07, 6.45) is 1.86. The number of carboxylic acids is 1. The average molecular weight is 244 g/mol. The van der Waals surface area contributed by atoms with Crippen LogP contribution in [0.5, 0.6) is 0 Å². The Labute approximate surface area is 98.7 Å². The molecule has 1 unspecified atom stereocenters. The number of amides is 3. The summed E-state index contributed by atoms with van der Waals surface area (Å²) in [6.45, 7) is 1.57. The molecule has 1 fully saturated rings. The maximum Gasteiger partial charge on any atom is 0.329 e. The van der Waals surface area contributed by atoms with E-state index in [4.69, 9.17) is 5.11 Å². The van der Waals surface area contributed by atoms with Gasteiger partial charge in [-0.2, -0.15) is 0 Å². The SMILES string of the molecule is CC1CCCN1C(=O)NC(=O)COCC(=O)O. The van der Waals surface area contributed by atoms with E-state index in [1.807, 2.05) is 6.92 Å². The number of hydrogen-bond acceptors (Lipinski definition) is 4. The molecule has 0 spiro atoms. The number of carbonyl (C=O) groups is 3. The minimum Gasteiger partial charge on any atom is -0.480 e. The molecule has 0 aromatic heterocycles. The zero-order valence-electron chi connectivity index (χ0n) is 9.64. The second-order valence-corrected chi connectivity index (χ2v) is 3.92. The van der Waals surface area contributed by atoms with Gasteiger partial charge in [0.2, 0.25) is 0 Å². The summed E-state index contributed by atoms with van der Waals surface area (Å²) < 4.78 is 4.56. The van der Waals surface area contributed by atoms with Crippen LogP contribution in [0, 0.1) is 0 Å². The number of hydrogen-bond donors (Lipinski definition) is 2. The standard InChI is InChI=1S/C10H16N2O5/c1-7-3-2-4-12(7)10(16)11-8(13)5-17-6-9(14)15/h7H,2-6H2,1H3,(H,14,15)(H,11,13,16). The molecule has 3 amide bonds. The molecule has 1 aliphatic heterocycles. The quantitative estimate of drug-likeness (QED) is 0.714. The largest absolute Gasteiger partial charge is 0.480 e. The Balaban J connectivity index is 2.26. The van der Waals surface area contributed by atoms with Gasteiger partial charge in [0, 0.05) is 12.6 Å². The molecule has 17 heavy (non-hydrogen) atoms. The van der Waals surface area contributed by atoms with Gasteiger partial charge in [0.15, 0.2) is 0 Å². The van der Waals surface area contributed by atoms with E-state index in [-0.39, 0.29) is 6.04 Å². The Morgan fingerprint density at radius 1 is 1.41 bits per heavy atom. The molecular formula is C10H16N2O5.